The van der Waals surface area contributed by atoms with Gasteiger partial charge in [0.1, 0.15) is 0 Å². The molecule has 0 radical (unpaired) electrons. The number of carbonyl (C=O) groups excluding carboxylic acids is 1. The molecule has 0 spiro atoms. The summed E-state index contributed by atoms with van der Waals surface area (Å²) in [6, 6.07) is 11.7. The number of thiophene rings is 1. The molecule has 0 saturated carbocycles. The third-order valence-corrected chi connectivity index (χ3v) is 5.83. The van der Waals surface area contributed by atoms with Gasteiger partial charge in [-0.05, 0) is 23.9 Å². The average Bonchev–Trinajstić information content (AvgIpc) is 3.46. The highest BCUT2D eigenvalue weighted by molar-refractivity contribution is 7.13. The molecule has 27 heavy (non-hydrogen) atoms. The van der Waals surface area contributed by atoms with E-state index in [1.165, 1.54) is 0 Å². The van der Waals surface area contributed by atoms with Gasteiger partial charge in [-0.15, -0.1) is 11.3 Å². The molecular weight excluding hydrogens is 362 g/mol. The molecule has 0 bridgehead atoms. The zero-order chi connectivity index (χ0) is 18.4. The van der Waals surface area contributed by atoms with Crippen molar-refractivity contribution in [1.29, 1.82) is 0 Å². The first-order valence-corrected chi connectivity index (χ1v) is 9.67. The molecule has 136 valence electrons. The van der Waals surface area contributed by atoms with Gasteiger partial charge in [0, 0.05) is 31.4 Å². The number of likely N-dealkylation sites (tertiary alicyclic amines) is 1. The van der Waals surface area contributed by atoms with Crippen LogP contribution in [-0.4, -0.2) is 43.8 Å². The summed E-state index contributed by atoms with van der Waals surface area (Å²) in [7, 11) is 1.86. The fourth-order valence-electron chi connectivity index (χ4n) is 3.58. The van der Waals surface area contributed by atoms with Crippen LogP contribution in [0.5, 0.6) is 0 Å². The van der Waals surface area contributed by atoms with E-state index >= 15 is 0 Å². The number of rotatable bonds is 3. The van der Waals surface area contributed by atoms with Crippen molar-refractivity contribution in [3.05, 3.63) is 53.3 Å². The molecule has 3 aromatic heterocycles. The van der Waals surface area contributed by atoms with Crippen LogP contribution in [0.15, 0.2) is 46.3 Å². The third kappa shape index (κ3) is 2.73. The van der Waals surface area contributed by atoms with E-state index in [4.69, 9.17) is 4.52 Å². The van der Waals surface area contributed by atoms with Crippen LogP contribution in [0, 0.1) is 0 Å². The number of nitrogens with zero attached hydrogens (tertiary/aromatic N) is 5. The standard InChI is InChI=1S/C19H17N5O2S/c1-23-14-6-3-2-5-13(14)16(21-23)19(25)24-9-8-12(11-24)17-20-18(26-22-17)15-7-4-10-27-15/h2-7,10,12H,8-9,11H2,1H3. The Balaban J connectivity index is 1.37. The molecule has 0 N–H and O–H groups in total. The maximum Gasteiger partial charge on any atom is 0.275 e. The summed E-state index contributed by atoms with van der Waals surface area (Å²) in [6.07, 6.45) is 0.819. The fraction of sp³-hybridized carbons (Fsp3) is 0.263. The first-order chi connectivity index (χ1) is 13.2. The number of aromatic nitrogens is 4. The second-order valence-electron chi connectivity index (χ2n) is 6.66. The van der Waals surface area contributed by atoms with Gasteiger partial charge >= 0.3 is 0 Å². The first kappa shape index (κ1) is 16.2. The lowest BCUT2D eigenvalue weighted by Crippen LogP contribution is -2.29. The SMILES string of the molecule is Cn1nc(C(=O)N2CCC(c3noc(-c4cccs4)n3)C2)c2ccccc21. The second-order valence-corrected chi connectivity index (χ2v) is 7.61. The van der Waals surface area contributed by atoms with Crippen LogP contribution in [-0.2, 0) is 7.05 Å². The Morgan fingerprint density at radius 2 is 2.15 bits per heavy atom. The number of amides is 1. The van der Waals surface area contributed by atoms with E-state index in [1.54, 1.807) is 16.0 Å². The quantitative estimate of drug-likeness (QED) is 0.546. The molecule has 1 aromatic carbocycles. The maximum atomic E-state index is 13.0. The second kappa shape index (κ2) is 6.31. The molecule has 0 aliphatic carbocycles. The number of carbonyl (C=O) groups is 1. The molecule has 1 fully saturated rings. The van der Waals surface area contributed by atoms with E-state index in [2.05, 4.69) is 15.2 Å². The van der Waals surface area contributed by atoms with E-state index in [0.29, 0.717) is 30.5 Å². The Hall–Kier alpha value is -3.00. The first-order valence-electron chi connectivity index (χ1n) is 8.79. The largest absolute Gasteiger partial charge is 0.336 e. The Labute approximate surface area is 159 Å². The molecule has 1 amide bonds. The van der Waals surface area contributed by atoms with Crippen LogP contribution in [0.1, 0.15) is 28.7 Å². The van der Waals surface area contributed by atoms with Gasteiger partial charge in [0.05, 0.1) is 10.4 Å². The van der Waals surface area contributed by atoms with Crippen LogP contribution in [0.3, 0.4) is 0 Å². The molecule has 1 unspecified atom stereocenters. The van der Waals surface area contributed by atoms with E-state index in [-0.39, 0.29) is 11.8 Å². The van der Waals surface area contributed by atoms with Crippen LogP contribution >= 0.6 is 11.3 Å². The topological polar surface area (TPSA) is 77.0 Å². The Bertz CT molecular complexity index is 1110. The molecule has 1 saturated heterocycles. The fourth-order valence-corrected chi connectivity index (χ4v) is 4.22. The average molecular weight is 379 g/mol. The Kier molecular flexibility index (Phi) is 3.78. The summed E-state index contributed by atoms with van der Waals surface area (Å²) in [6.45, 7) is 1.24. The van der Waals surface area contributed by atoms with Crippen molar-refractivity contribution in [2.45, 2.75) is 12.3 Å². The predicted octanol–water partition coefficient (Wildman–Crippen LogP) is 3.31. The van der Waals surface area contributed by atoms with Gasteiger partial charge in [-0.1, -0.05) is 29.4 Å². The van der Waals surface area contributed by atoms with Gasteiger partial charge in [0.25, 0.3) is 11.8 Å². The Morgan fingerprint density at radius 1 is 1.26 bits per heavy atom. The zero-order valence-electron chi connectivity index (χ0n) is 14.7. The van der Waals surface area contributed by atoms with E-state index < -0.39 is 0 Å². The molecule has 7 nitrogen and oxygen atoms in total. The maximum absolute atomic E-state index is 13.0. The predicted molar refractivity (Wildman–Crippen MR) is 102 cm³/mol. The molecule has 4 heterocycles. The van der Waals surface area contributed by atoms with Crippen LogP contribution in [0.25, 0.3) is 21.7 Å². The summed E-state index contributed by atoms with van der Waals surface area (Å²) in [5.74, 6) is 1.25. The zero-order valence-corrected chi connectivity index (χ0v) is 15.5. The summed E-state index contributed by atoms with van der Waals surface area (Å²) in [5, 5.41) is 11.4. The van der Waals surface area contributed by atoms with Gasteiger partial charge < -0.3 is 9.42 Å². The summed E-state index contributed by atoms with van der Waals surface area (Å²) >= 11 is 1.57. The molecule has 1 aliphatic rings. The van der Waals surface area contributed by atoms with Crippen molar-refractivity contribution in [3.63, 3.8) is 0 Å². The highest BCUT2D eigenvalue weighted by Gasteiger charge is 2.33. The lowest BCUT2D eigenvalue weighted by molar-refractivity contribution is 0.0785. The van der Waals surface area contributed by atoms with Gasteiger partial charge in [-0.3, -0.25) is 9.48 Å². The van der Waals surface area contributed by atoms with Gasteiger partial charge in [-0.25, -0.2) is 0 Å². The Morgan fingerprint density at radius 3 is 3.00 bits per heavy atom. The van der Waals surface area contributed by atoms with Crippen LogP contribution < -0.4 is 0 Å². The molecule has 1 atom stereocenters. The van der Waals surface area contributed by atoms with Crippen molar-refractivity contribution in [2.75, 3.05) is 13.1 Å². The minimum Gasteiger partial charge on any atom is -0.336 e. The van der Waals surface area contributed by atoms with Gasteiger partial charge in [0.15, 0.2) is 11.5 Å². The third-order valence-electron chi connectivity index (χ3n) is 4.97. The monoisotopic (exact) mass is 379 g/mol. The lowest BCUT2D eigenvalue weighted by Gasteiger charge is -2.14. The number of fused-ring (bicyclic) bond motifs is 1. The van der Waals surface area contributed by atoms with Gasteiger partial charge in [-0.2, -0.15) is 10.1 Å². The van der Waals surface area contributed by atoms with Crippen LogP contribution in [0.2, 0.25) is 0 Å². The number of aryl methyl sites for hydroxylation is 1. The van der Waals surface area contributed by atoms with Gasteiger partial charge in [0.2, 0.25) is 0 Å². The molecule has 8 heteroatoms. The normalized spacial score (nSPS) is 17.1. The van der Waals surface area contributed by atoms with E-state index in [1.807, 2.05) is 53.7 Å². The highest BCUT2D eigenvalue weighted by atomic mass is 32.1. The summed E-state index contributed by atoms with van der Waals surface area (Å²) < 4.78 is 7.15. The highest BCUT2D eigenvalue weighted by Crippen LogP contribution is 2.30. The van der Waals surface area contributed by atoms with Crippen molar-refractivity contribution >= 4 is 28.1 Å². The summed E-state index contributed by atoms with van der Waals surface area (Å²) in [4.78, 5) is 20.4. The molecular formula is C19H17N5O2S. The molecule has 1 aliphatic heterocycles. The smallest absolute Gasteiger partial charge is 0.275 e. The minimum absolute atomic E-state index is 0.0451. The number of para-hydroxylation sites is 1. The van der Waals surface area contributed by atoms with Crippen molar-refractivity contribution in [3.8, 4) is 10.8 Å². The minimum atomic E-state index is -0.0451. The lowest BCUT2D eigenvalue weighted by atomic mass is 10.1. The number of benzene rings is 1. The van der Waals surface area contributed by atoms with Crippen molar-refractivity contribution < 1.29 is 9.32 Å². The van der Waals surface area contributed by atoms with E-state index in [9.17, 15) is 4.79 Å². The molecule has 4 aromatic rings. The number of hydrogen-bond acceptors (Lipinski definition) is 6. The van der Waals surface area contributed by atoms with Crippen LogP contribution in [0.4, 0.5) is 0 Å². The van der Waals surface area contributed by atoms with E-state index in [0.717, 1.165) is 22.2 Å². The van der Waals surface area contributed by atoms with Crippen molar-refractivity contribution in [2.24, 2.45) is 7.05 Å². The molecule has 5 rings (SSSR count). The summed E-state index contributed by atoms with van der Waals surface area (Å²) in [5.41, 5.74) is 1.46. The van der Waals surface area contributed by atoms with Crippen molar-refractivity contribution in [1.82, 2.24) is 24.8 Å². The number of hydrogen-bond donors (Lipinski definition) is 0.